The number of carbonyl (C=O) groups is 1. The summed E-state index contributed by atoms with van der Waals surface area (Å²) in [6.07, 6.45) is 8.01. The molecule has 0 amide bonds. The molecule has 1 saturated heterocycles. The second-order valence-corrected chi connectivity index (χ2v) is 10.5. The fourth-order valence-electron chi connectivity index (χ4n) is 5.17. The molecule has 2 aromatic carbocycles. The van der Waals surface area contributed by atoms with E-state index in [1.807, 2.05) is 47.6 Å². The summed E-state index contributed by atoms with van der Waals surface area (Å²) in [6, 6.07) is 18.6. The Hall–Kier alpha value is -4.32. The number of hydrogen-bond acceptors (Lipinski definition) is 6. The van der Waals surface area contributed by atoms with Crippen LogP contribution in [0, 0.1) is 18.3 Å². The highest BCUT2D eigenvalue weighted by Crippen LogP contribution is 2.36. The molecule has 1 aliphatic heterocycles. The van der Waals surface area contributed by atoms with E-state index >= 15 is 0 Å². The van der Waals surface area contributed by atoms with Crippen molar-refractivity contribution in [1.29, 1.82) is 5.26 Å². The minimum atomic E-state index is -0.823. The highest BCUT2D eigenvalue weighted by atomic mass is 35.5. The number of hydrogen-bond donors (Lipinski definition) is 1. The second-order valence-electron chi connectivity index (χ2n) is 10.1. The number of rotatable bonds is 10. The van der Waals surface area contributed by atoms with Gasteiger partial charge in [0.05, 0.1) is 5.02 Å². The molecule has 8 nitrogen and oxygen atoms in total. The average Bonchev–Trinajstić information content (AvgIpc) is 3.52. The Kier molecular flexibility index (Phi) is 8.88. The summed E-state index contributed by atoms with van der Waals surface area (Å²) in [5.41, 5.74) is 5.07. The molecule has 4 aromatic rings. The number of nitrogens with zero attached hydrogens (tertiary/aromatic N) is 4. The number of nitriles is 1. The Morgan fingerprint density at radius 2 is 1.88 bits per heavy atom. The van der Waals surface area contributed by atoms with E-state index in [1.54, 1.807) is 30.5 Å². The van der Waals surface area contributed by atoms with Crippen LogP contribution < -0.4 is 9.47 Å². The van der Waals surface area contributed by atoms with Crippen LogP contribution in [0.15, 0.2) is 73.2 Å². The van der Waals surface area contributed by atoms with Crippen LogP contribution in [0.2, 0.25) is 5.02 Å². The lowest BCUT2D eigenvalue weighted by Crippen LogP contribution is -2.44. The summed E-state index contributed by atoms with van der Waals surface area (Å²) >= 11 is 6.73. The van der Waals surface area contributed by atoms with Crippen LogP contribution in [0.1, 0.15) is 47.2 Å². The summed E-state index contributed by atoms with van der Waals surface area (Å²) in [7, 11) is 0. The van der Waals surface area contributed by atoms with Gasteiger partial charge < -0.3 is 19.1 Å². The molecule has 5 rings (SSSR count). The molecule has 0 spiro atoms. The van der Waals surface area contributed by atoms with Gasteiger partial charge in [-0.25, -0.2) is 4.98 Å². The van der Waals surface area contributed by atoms with Crippen molar-refractivity contribution in [2.75, 3.05) is 6.54 Å². The van der Waals surface area contributed by atoms with Crippen molar-refractivity contribution >= 4 is 17.6 Å². The fourth-order valence-corrected chi connectivity index (χ4v) is 5.41. The number of aliphatic carboxylic acids is 1. The minimum absolute atomic E-state index is 0.200. The molecule has 1 atom stereocenters. The first-order chi connectivity index (χ1) is 19.9. The van der Waals surface area contributed by atoms with Gasteiger partial charge in [-0.15, -0.1) is 0 Å². The van der Waals surface area contributed by atoms with E-state index in [4.69, 9.17) is 21.1 Å². The topological polar surface area (TPSA) is 101 Å². The molecule has 2 aromatic heterocycles. The Bertz CT molecular complexity index is 1560. The first-order valence-corrected chi connectivity index (χ1v) is 13.9. The standard InChI is InChI=1S/C32H31ClN4O4/c1-22-24(7-6-9-28(22)36-12-4-5-13-36)21-41-31-17-30(40-20-23-10-11-35-26(15-23)18-34)25(16-27(31)33)19-37-14-3-2-8-29(37)32(38)39/h4-7,9-13,15-17,29H,2-3,8,14,19-21H2,1H3,(H,38,39)/t29-/m0/s1. The normalized spacial score (nSPS) is 15.3. The molecule has 1 fully saturated rings. The van der Waals surface area contributed by atoms with E-state index in [0.717, 1.165) is 40.8 Å². The quantitative estimate of drug-likeness (QED) is 0.239. The Labute approximate surface area is 244 Å². The molecule has 0 bridgehead atoms. The van der Waals surface area contributed by atoms with Gasteiger partial charge in [-0.1, -0.05) is 30.2 Å². The lowest BCUT2D eigenvalue weighted by molar-refractivity contribution is -0.144. The number of carboxylic acids is 1. The third-order valence-electron chi connectivity index (χ3n) is 7.40. The molecule has 0 unspecified atom stereocenters. The number of aromatic nitrogens is 2. The lowest BCUT2D eigenvalue weighted by atomic mass is 10.0. The molecule has 3 heterocycles. The van der Waals surface area contributed by atoms with Crippen molar-refractivity contribution in [2.24, 2.45) is 0 Å². The summed E-state index contributed by atoms with van der Waals surface area (Å²) < 4.78 is 14.5. The first kappa shape index (κ1) is 28.2. The van der Waals surface area contributed by atoms with Crippen molar-refractivity contribution in [3.05, 3.63) is 106 Å². The molecule has 41 heavy (non-hydrogen) atoms. The van der Waals surface area contributed by atoms with Crippen molar-refractivity contribution in [3.8, 4) is 23.3 Å². The number of benzene rings is 2. The van der Waals surface area contributed by atoms with E-state index < -0.39 is 12.0 Å². The van der Waals surface area contributed by atoms with Crippen LogP contribution in [-0.4, -0.2) is 38.1 Å². The van der Waals surface area contributed by atoms with Crippen LogP contribution in [0.3, 0.4) is 0 Å². The number of pyridine rings is 1. The van der Waals surface area contributed by atoms with Gasteiger partial charge in [0.2, 0.25) is 0 Å². The van der Waals surface area contributed by atoms with Crippen LogP contribution >= 0.6 is 11.6 Å². The van der Waals surface area contributed by atoms with E-state index in [9.17, 15) is 15.2 Å². The van der Waals surface area contributed by atoms with Gasteiger partial charge in [0.1, 0.15) is 42.5 Å². The average molecular weight is 571 g/mol. The fraction of sp³-hybridized carbons (Fsp3) is 0.281. The van der Waals surface area contributed by atoms with Gasteiger partial charge in [0, 0.05) is 42.5 Å². The smallest absolute Gasteiger partial charge is 0.320 e. The van der Waals surface area contributed by atoms with Crippen LogP contribution in [0.4, 0.5) is 0 Å². The number of likely N-dealkylation sites (tertiary alicyclic amines) is 1. The maximum absolute atomic E-state index is 11.9. The predicted molar refractivity (Wildman–Crippen MR) is 155 cm³/mol. The van der Waals surface area contributed by atoms with E-state index in [2.05, 4.69) is 22.5 Å². The SMILES string of the molecule is Cc1c(COc2cc(OCc3ccnc(C#N)c3)c(CN3CCCC[C@H]3C(=O)O)cc2Cl)cccc1-n1cccc1. The number of carboxylic acid groups (broad SMARTS) is 1. The van der Waals surface area contributed by atoms with Gasteiger partial charge in [0.15, 0.2) is 0 Å². The zero-order chi connectivity index (χ0) is 28.8. The van der Waals surface area contributed by atoms with Crippen molar-refractivity contribution in [3.63, 3.8) is 0 Å². The molecular weight excluding hydrogens is 540 g/mol. The highest BCUT2D eigenvalue weighted by molar-refractivity contribution is 6.32. The largest absolute Gasteiger partial charge is 0.488 e. The molecule has 0 saturated carbocycles. The molecule has 0 aliphatic carbocycles. The van der Waals surface area contributed by atoms with Gasteiger partial charge in [0.25, 0.3) is 0 Å². The monoisotopic (exact) mass is 570 g/mol. The van der Waals surface area contributed by atoms with Crippen LogP contribution in [0.25, 0.3) is 5.69 Å². The molecule has 210 valence electrons. The highest BCUT2D eigenvalue weighted by Gasteiger charge is 2.29. The molecular formula is C32H31ClN4O4. The van der Waals surface area contributed by atoms with Gasteiger partial charge in [-0.05, 0) is 79.4 Å². The zero-order valence-electron chi connectivity index (χ0n) is 22.8. The van der Waals surface area contributed by atoms with Crippen LogP contribution in [-0.2, 0) is 24.6 Å². The van der Waals surface area contributed by atoms with E-state index in [-0.39, 0.29) is 6.61 Å². The maximum atomic E-state index is 11.9. The van der Waals surface area contributed by atoms with Crippen LogP contribution in [0.5, 0.6) is 11.5 Å². The number of piperidine rings is 1. The Morgan fingerprint density at radius 3 is 2.66 bits per heavy atom. The molecule has 1 N–H and O–H groups in total. The minimum Gasteiger partial charge on any atom is -0.488 e. The maximum Gasteiger partial charge on any atom is 0.320 e. The summed E-state index contributed by atoms with van der Waals surface area (Å²) in [5, 5.41) is 19.4. The molecule has 0 radical (unpaired) electrons. The number of halogens is 1. The van der Waals surface area contributed by atoms with Crippen molar-refractivity contribution in [1.82, 2.24) is 14.5 Å². The molecule has 1 aliphatic rings. The summed E-state index contributed by atoms with van der Waals surface area (Å²) in [4.78, 5) is 17.9. The van der Waals surface area contributed by atoms with E-state index in [0.29, 0.717) is 48.3 Å². The number of ether oxygens (including phenoxy) is 2. The predicted octanol–water partition coefficient (Wildman–Crippen LogP) is 6.30. The Morgan fingerprint density at radius 1 is 1.07 bits per heavy atom. The summed E-state index contributed by atoms with van der Waals surface area (Å²) in [6.45, 7) is 3.63. The molecule has 9 heteroatoms. The van der Waals surface area contributed by atoms with Gasteiger partial charge in [-0.3, -0.25) is 9.69 Å². The Balaban J connectivity index is 1.41. The second kappa shape index (κ2) is 12.9. The zero-order valence-corrected chi connectivity index (χ0v) is 23.6. The van der Waals surface area contributed by atoms with Crippen molar-refractivity contribution in [2.45, 2.75) is 52.0 Å². The van der Waals surface area contributed by atoms with Gasteiger partial charge >= 0.3 is 5.97 Å². The third kappa shape index (κ3) is 6.71. The third-order valence-corrected chi connectivity index (χ3v) is 7.70. The lowest BCUT2D eigenvalue weighted by Gasteiger charge is -2.33. The van der Waals surface area contributed by atoms with E-state index in [1.165, 1.54) is 0 Å². The first-order valence-electron chi connectivity index (χ1n) is 13.5. The van der Waals surface area contributed by atoms with Crippen molar-refractivity contribution < 1.29 is 19.4 Å². The summed E-state index contributed by atoms with van der Waals surface area (Å²) in [5.74, 6) is 0.195. The van der Waals surface area contributed by atoms with Gasteiger partial charge in [-0.2, -0.15) is 5.26 Å².